The van der Waals surface area contributed by atoms with Crippen LogP contribution >= 0.6 is 23.4 Å². The Balaban J connectivity index is 2.03. The van der Waals surface area contributed by atoms with E-state index in [0.717, 1.165) is 21.9 Å². The van der Waals surface area contributed by atoms with Gasteiger partial charge in [0.1, 0.15) is 0 Å². The van der Waals surface area contributed by atoms with E-state index in [0.29, 0.717) is 5.02 Å². The van der Waals surface area contributed by atoms with Crippen LogP contribution in [0, 0.1) is 0 Å². The summed E-state index contributed by atoms with van der Waals surface area (Å²) in [6.07, 6.45) is 3.29. The van der Waals surface area contributed by atoms with Crippen molar-refractivity contribution in [3.05, 3.63) is 65.2 Å². The highest BCUT2D eigenvalue weighted by atomic mass is 35.5. The predicted molar refractivity (Wildman–Crippen MR) is 92.0 cm³/mol. The first kappa shape index (κ1) is 15.7. The molecular formula is C17H16ClNOS. The molecule has 21 heavy (non-hydrogen) atoms. The standard InChI is InChI=1S/C17H16ClNOS/c1-2-21-16-6-4-3-5-15(16)19-17(20)12-9-13-7-10-14(18)11-8-13/h3-12H,2H2,1H3,(H,19,20)/b12-9+. The lowest BCUT2D eigenvalue weighted by atomic mass is 10.2. The van der Waals surface area contributed by atoms with Gasteiger partial charge in [-0.1, -0.05) is 42.8 Å². The summed E-state index contributed by atoms with van der Waals surface area (Å²) in [5.41, 5.74) is 1.78. The summed E-state index contributed by atoms with van der Waals surface area (Å²) >= 11 is 7.53. The number of para-hydroxylation sites is 1. The van der Waals surface area contributed by atoms with Crippen LogP contribution in [0.15, 0.2) is 59.5 Å². The highest BCUT2D eigenvalue weighted by Crippen LogP contribution is 2.26. The van der Waals surface area contributed by atoms with Crippen molar-refractivity contribution in [2.75, 3.05) is 11.1 Å². The molecule has 108 valence electrons. The van der Waals surface area contributed by atoms with E-state index < -0.39 is 0 Å². The van der Waals surface area contributed by atoms with Crippen molar-refractivity contribution in [3.8, 4) is 0 Å². The van der Waals surface area contributed by atoms with Crippen LogP contribution in [0.5, 0.6) is 0 Å². The second kappa shape index (κ2) is 7.91. The fourth-order valence-corrected chi connectivity index (χ4v) is 2.66. The van der Waals surface area contributed by atoms with Gasteiger partial charge < -0.3 is 5.32 Å². The van der Waals surface area contributed by atoms with E-state index in [2.05, 4.69) is 12.2 Å². The Morgan fingerprint density at radius 1 is 1.19 bits per heavy atom. The summed E-state index contributed by atoms with van der Waals surface area (Å²) in [6, 6.07) is 15.1. The van der Waals surface area contributed by atoms with E-state index in [9.17, 15) is 4.79 Å². The van der Waals surface area contributed by atoms with Gasteiger partial charge in [0.25, 0.3) is 0 Å². The summed E-state index contributed by atoms with van der Waals surface area (Å²) in [5, 5.41) is 3.59. The maximum absolute atomic E-state index is 12.0. The van der Waals surface area contributed by atoms with Gasteiger partial charge in [-0.3, -0.25) is 4.79 Å². The minimum atomic E-state index is -0.144. The second-order valence-corrected chi connectivity index (χ2v) is 6.05. The number of thioether (sulfide) groups is 1. The zero-order valence-corrected chi connectivity index (χ0v) is 13.2. The molecule has 0 aliphatic heterocycles. The lowest BCUT2D eigenvalue weighted by Crippen LogP contribution is -2.08. The normalized spacial score (nSPS) is 10.8. The number of anilines is 1. The van der Waals surface area contributed by atoms with Crippen LogP contribution in [-0.4, -0.2) is 11.7 Å². The summed E-state index contributed by atoms with van der Waals surface area (Å²) < 4.78 is 0. The van der Waals surface area contributed by atoms with E-state index in [1.807, 2.05) is 36.4 Å². The highest BCUT2D eigenvalue weighted by molar-refractivity contribution is 7.99. The molecule has 1 N–H and O–H groups in total. The number of amides is 1. The summed E-state index contributed by atoms with van der Waals surface area (Å²) in [7, 11) is 0. The molecule has 0 aromatic heterocycles. The van der Waals surface area contributed by atoms with Crippen molar-refractivity contribution >= 4 is 41.0 Å². The largest absolute Gasteiger partial charge is 0.321 e. The molecule has 0 atom stereocenters. The molecule has 2 rings (SSSR count). The van der Waals surface area contributed by atoms with Gasteiger partial charge in [0.15, 0.2) is 0 Å². The molecule has 0 aliphatic carbocycles. The van der Waals surface area contributed by atoms with Gasteiger partial charge in [-0.25, -0.2) is 0 Å². The average molecular weight is 318 g/mol. The number of rotatable bonds is 5. The number of halogens is 1. The Kier molecular flexibility index (Phi) is 5.90. The van der Waals surface area contributed by atoms with Crippen molar-refractivity contribution in [1.29, 1.82) is 0 Å². The first-order valence-corrected chi connectivity index (χ1v) is 8.02. The monoisotopic (exact) mass is 317 g/mol. The number of carbonyl (C=O) groups is 1. The van der Waals surface area contributed by atoms with E-state index in [1.54, 1.807) is 30.0 Å². The SMILES string of the molecule is CCSc1ccccc1NC(=O)/C=C/c1ccc(Cl)cc1. The van der Waals surface area contributed by atoms with Crippen LogP contribution in [0.1, 0.15) is 12.5 Å². The third kappa shape index (κ3) is 4.96. The molecule has 0 fully saturated rings. The van der Waals surface area contributed by atoms with Gasteiger partial charge in [0.05, 0.1) is 5.69 Å². The topological polar surface area (TPSA) is 29.1 Å². The minimum absolute atomic E-state index is 0.144. The fourth-order valence-electron chi connectivity index (χ4n) is 1.77. The van der Waals surface area contributed by atoms with Crippen LogP contribution in [0.25, 0.3) is 6.08 Å². The van der Waals surface area contributed by atoms with E-state index in [1.165, 1.54) is 6.08 Å². The average Bonchev–Trinajstić information content (AvgIpc) is 2.49. The zero-order chi connectivity index (χ0) is 15.1. The molecule has 4 heteroatoms. The first-order valence-electron chi connectivity index (χ1n) is 6.65. The number of benzene rings is 2. The summed E-state index contributed by atoms with van der Waals surface area (Å²) in [4.78, 5) is 13.1. The predicted octanol–water partition coefficient (Wildman–Crippen LogP) is 5.10. The van der Waals surface area contributed by atoms with Crippen molar-refractivity contribution < 1.29 is 4.79 Å². The van der Waals surface area contributed by atoms with E-state index >= 15 is 0 Å². The number of carbonyl (C=O) groups excluding carboxylic acids is 1. The lowest BCUT2D eigenvalue weighted by molar-refractivity contribution is -0.111. The zero-order valence-electron chi connectivity index (χ0n) is 11.7. The lowest BCUT2D eigenvalue weighted by Gasteiger charge is -2.08. The molecule has 0 spiro atoms. The number of hydrogen-bond acceptors (Lipinski definition) is 2. The summed E-state index contributed by atoms with van der Waals surface area (Å²) in [6.45, 7) is 2.09. The second-order valence-electron chi connectivity index (χ2n) is 4.30. The van der Waals surface area contributed by atoms with E-state index in [4.69, 9.17) is 11.6 Å². The van der Waals surface area contributed by atoms with Gasteiger partial charge in [0.2, 0.25) is 5.91 Å². The minimum Gasteiger partial charge on any atom is -0.321 e. The Hall–Kier alpha value is -1.71. The smallest absolute Gasteiger partial charge is 0.248 e. The Morgan fingerprint density at radius 3 is 2.62 bits per heavy atom. The van der Waals surface area contributed by atoms with Gasteiger partial charge in [-0.05, 0) is 41.7 Å². The van der Waals surface area contributed by atoms with Crippen molar-refractivity contribution in [2.45, 2.75) is 11.8 Å². The van der Waals surface area contributed by atoms with Gasteiger partial charge >= 0.3 is 0 Å². The fraction of sp³-hybridized carbons (Fsp3) is 0.118. The summed E-state index contributed by atoms with van der Waals surface area (Å²) in [5.74, 6) is 0.821. The molecule has 0 radical (unpaired) electrons. The maximum Gasteiger partial charge on any atom is 0.248 e. The molecule has 0 saturated carbocycles. The number of hydrogen-bond donors (Lipinski definition) is 1. The van der Waals surface area contributed by atoms with Gasteiger partial charge in [-0.15, -0.1) is 11.8 Å². The molecule has 0 bridgehead atoms. The van der Waals surface area contributed by atoms with Crippen molar-refractivity contribution in [2.24, 2.45) is 0 Å². The van der Waals surface area contributed by atoms with Gasteiger partial charge in [-0.2, -0.15) is 0 Å². The van der Waals surface area contributed by atoms with E-state index in [-0.39, 0.29) is 5.91 Å². The Morgan fingerprint density at radius 2 is 1.90 bits per heavy atom. The number of nitrogens with one attached hydrogen (secondary N) is 1. The molecule has 0 aliphatic rings. The molecule has 0 heterocycles. The highest BCUT2D eigenvalue weighted by Gasteiger charge is 2.03. The maximum atomic E-state index is 12.0. The van der Waals surface area contributed by atoms with Gasteiger partial charge in [0, 0.05) is 16.0 Å². The molecule has 0 saturated heterocycles. The Labute approximate surface area is 134 Å². The first-order chi connectivity index (χ1) is 10.2. The molecule has 2 aromatic carbocycles. The molecule has 2 nitrogen and oxygen atoms in total. The van der Waals surface area contributed by atoms with Crippen LogP contribution in [0.4, 0.5) is 5.69 Å². The van der Waals surface area contributed by atoms with Crippen molar-refractivity contribution in [3.63, 3.8) is 0 Å². The molecular weight excluding hydrogens is 302 g/mol. The van der Waals surface area contributed by atoms with Crippen LogP contribution in [0.2, 0.25) is 5.02 Å². The third-order valence-corrected chi connectivity index (χ3v) is 3.95. The molecule has 2 aromatic rings. The molecule has 1 amide bonds. The quantitative estimate of drug-likeness (QED) is 0.613. The van der Waals surface area contributed by atoms with Crippen LogP contribution < -0.4 is 5.32 Å². The van der Waals surface area contributed by atoms with Crippen molar-refractivity contribution in [1.82, 2.24) is 0 Å². The van der Waals surface area contributed by atoms with Crippen LogP contribution in [-0.2, 0) is 4.79 Å². The Bertz CT molecular complexity index is 637. The van der Waals surface area contributed by atoms with Crippen LogP contribution in [0.3, 0.4) is 0 Å². The third-order valence-electron chi connectivity index (χ3n) is 2.74. The molecule has 0 unspecified atom stereocenters.